The number of likely N-dealkylation sites (N-methyl/N-ethyl adjacent to an activating group) is 1. The smallest absolute Gasteiger partial charge is 0.277 e. The highest BCUT2D eigenvalue weighted by atomic mass is 16.5. The summed E-state index contributed by atoms with van der Waals surface area (Å²) in [5.41, 5.74) is 1.73. The molecule has 1 saturated heterocycles. The maximum Gasteiger partial charge on any atom is 0.277 e. The van der Waals surface area contributed by atoms with Gasteiger partial charge in [-0.3, -0.25) is 14.5 Å². The number of nitrogens with zero attached hydrogens (tertiary/aromatic N) is 3. The zero-order chi connectivity index (χ0) is 21.0. The number of benzene rings is 1. The van der Waals surface area contributed by atoms with Crippen LogP contribution in [-0.4, -0.2) is 85.6 Å². The van der Waals surface area contributed by atoms with Gasteiger partial charge in [0, 0.05) is 26.2 Å². The van der Waals surface area contributed by atoms with E-state index in [9.17, 15) is 9.59 Å². The van der Waals surface area contributed by atoms with Crippen molar-refractivity contribution in [3.05, 3.63) is 35.5 Å². The quantitative estimate of drug-likeness (QED) is 0.620. The Kier molecular flexibility index (Phi) is 6.92. The average Bonchev–Trinajstić information content (AvgIpc) is 2.98. The van der Waals surface area contributed by atoms with Crippen molar-refractivity contribution in [2.24, 2.45) is 0 Å². The van der Waals surface area contributed by atoms with Crippen molar-refractivity contribution in [2.75, 3.05) is 53.0 Å². The Morgan fingerprint density at radius 3 is 2.21 bits per heavy atom. The first-order valence-electron chi connectivity index (χ1n) is 10.3. The SMILES string of the molecule is CCN1CCN(C2=C(c3ccc(OC)cc3)C(=O)N(CCOC(C)C)C2=O)CC1. The van der Waals surface area contributed by atoms with Gasteiger partial charge in [-0.15, -0.1) is 0 Å². The number of piperazine rings is 1. The molecule has 0 aromatic heterocycles. The maximum atomic E-state index is 13.3. The summed E-state index contributed by atoms with van der Waals surface area (Å²) in [5, 5.41) is 0. The summed E-state index contributed by atoms with van der Waals surface area (Å²) in [5.74, 6) is 0.241. The predicted molar refractivity (Wildman–Crippen MR) is 111 cm³/mol. The summed E-state index contributed by atoms with van der Waals surface area (Å²) >= 11 is 0. The van der Waals surface area contributed by atoms with Crippen LogP contribution in [0, 0.1) is 0 Å². The van der Waals surface area contributed by atoms with E-state index in [0.29, 0.717) is 23.6 Å². The lowest BCUT2D eigenvalue weighted by molar-refractivity contribution is -0.138. The van der Waals surface area contributed by atoms with Gasteiger partial charge in [-0.25, -0.2) is 0 Å². The topological polar surface area (TPSA) is 62.3 Å². The fourth-order valence-electron chi connectivity index (χ4n) is 3.74. The number of carbonyl (C=O) groups excluding carboxylic acids is 2. The second-order valence-electron chi connectivity index (χ2n) is 7.55. The van der Waals surface area contributed by atoms with E-state index in [2.05, 4.69) is 16.7 Å². The van der Waals surface area contributed by atoms with Crippen molar-refractivity contribution in [1.82, 2.24) is 14.7 Å². The minimum atomic E-state index is -0.250. The summed E-state index contributed by atoms with van der Waals surface area (Å²) in [6, 6.07) is 7.32. The molecule has 1 fully saturated rings. The zero-order valence-electron chi connectivity index (χ0n) is 17.8. The lowest BCUT2D eigenvalue weighted by Crippen LogP contribution is -2.47. The Morgan fingerprint density at radius 2 is 1.66 bits per heavy atom. The number of methoxy groups -OCH3 is 1. The standard InChI is InChI=1S/C22H31N3O4/c1-5-23-10-12-24(13-11-23)20-19(17-6-8-18(28-4)9-7-17)21(26)25(22(20)27)14-15-29-16(2)3/h6-9,16H,5,10-15H2,1-4H3. The predicted octanol–water partition coefficient (Wildman–Crippen LogP) is 1.84. The van der Waals surface area contributed by atoms with Crippen LogP contribution in [-0.2, 0) is 14.3 Å². The van der Waals surface area contributed by atoms with E-state index < -0.39 is 0 Å². The van der Waals surface area contributed by atoms with Gasteiger partial charge in [0.1, 0.15) is 11.4 Å². The molecule has 0 radical (unpaired) electrons. The first kappa shape index (κ1) is 21.3. The summed E-state index contributed by atoms with van der Waals surface area (Å²) in [4.78, 5) is 32.2. The highest BCUT2D eigenvalue weighted by Gasteiger charge is 2.41. The number of rotatable bonds is 8. The molecule has 3 rings (SSSR count). The number of carbonyl (C=O) groups is 2. The van der Waals surface area contributed by atoms with Crippen molar-refractivity contribution >= 4 is 17.4 Å². The monoisotopic (exact) mass is 401 g/mol. The third kappa shape index (κ3) is 4.62. The highest BCUT2D eigenvalue weighted by molar-refractivity contribution is 6.35. The molecule has 7 nitrogen and oxygen atoms in total. The zero-order valence-corrected chi connectivity index (χ0v) is 17.8. The van der Waals surface area contributed by atoms with E-state index in [1.54, 1.807) is 7.11 Å². The molecule has 0 bridgehead atoms. The van der Waals surface area contributed by atoms with E-state index >= 15 is 0 Å². The molecule has 2 heterocycles. The molecular weight excluding hydrogens is 370 g/mol. The van der Waals surface area contributed by atoms with E-state index in [4.69, 9.17) is 9.47 Å². The largest absolute Gasteiger partial charge is 0.497 e. The lowest BCUT2D eigenvalue weighted by atomic mass is 10.0. The molecule has 0 unspecified atom stereocenters. The molecule has 0 spiro atoms. The van der Waals surface area contributed by atoms with Gasteiger partial charge in [0.25, 0.3) is 11.8 Å². The molecular formula is C22H31N3O4. The fraction of sp³-hybridized carbons (Fsp3) is 0.545. The van der Waals surface area contributed by atoms with Crippen molar-refractivity contribution in [3.63, 3.8) is 0 Å². The molecule has 1 aromatic carbocycles. The van der Waals surface area contributed by atoms with Crippen LogP contribution >= 0.6 is 0 Å². The highest BCUT2D eigenvalue weighted by Crippen LogP contribution is 2.32. The molecule has 7 heteroatoms. The number of hydrogen-bond acceptors (Lipinski definition) is 6. The normalized spacial score (nSPS) is 18.4. The summed E-state index contributed by atoms with van der Waals surface area (Å²) in [7, 11) is 1.60. The molecule has 2 aliphatic rings. The Morgan fingerprint density at radius 1 is 1.00 bits per heavy atom. The van der Waals surface area contributed by atoms with Gasteiger partial charge in [0.2, 0.25) is 0 Å². The number of imide groups is 1. The van der Waals surface area contributed by atoms with Gasteiger partial charge in [-0.05, 0) is 38.1 Å². The average molecular weight is 402 g/mol. The van der Waals surface area contributed by atoms with Crippen LogP contribution in [0.5, 0.6) is 5.75 Å². The first-order chi connectivity index (χ1) is 14.0. The Hall–Kier alpha value is -2.38. The van der Waals surface area contributed by atoms with Gasteiger partial charge >= 0.3 is 0 Å². The minimum Gasteiger partial charge on any atom is -0.497 e. The van der Waals surface area contributed by atoms with Gasteiger partial charge < -0.3 is 19.3 Å². The minimum absolute atomic E-state index is 0.0541. The Labute approximate surface area is 172 Å². The maximum absolute atomic E-state index is 13.3. The third-order valence-corrected chi connectivity index (χ3v) is 5.42. The van der Waals surface area contributed by atoms with Crippen LogP contribution in [0.4, 0.5) is 0 Å². The number of hydrogen-bond donors (Lipinski definition) is 0. The van der Waals surface area contributed by atoms with Crippen LogP contribution in [0.1, 0.15) is 26.3 Å². The Bertz CT molecular complexity index is 765. The van der Waals surface area contributed by atoms with Crippen LogP contribution in [0.25, 0.3) is 5.57 Å². The van der Waals surface area contributed by atoms with Gasteiger partial charge in [-0.1, -0.05) is 19.1 Å². The molecule has 0 N–H and O–H groups in total. The van der Waals surface area contributed by atoms with Crippen molar-refractivity contribution in [2.45, 2.75) is 26.9 Å². The van der Waals surface area contributed by atoms with Crippen LogP contribution in [0.15, 0.2) is 30.0 Å². The van der Waals surface area contributed by atoms with E-state index in [1.165, 1.54) is 4.90 Å². The third-order valence-electron chi connectivity index (χ3n) is 5.42. The van der Waals surface area contributed by atoms with Crippen molar-refractivity contribution in [3.8, 4) is 5.75 Å². The van der Waals surface area contributed by atoms with Gasteiger partial charge in [0.05, 0.1) is 31.9 Å². The van der Waals surface area contributed by atoms with Crippen molar-refractivity contribution in [1.29, 1.82) is 0 Å². The molecule has 29 heavy (non-hydrogen) atoms. The lowest BCUT2D eigenvalue weighted by Gasteiger charge is -2.36. The molecule has 0 saturated carbocycles. The summed E-state index contributed by atoms with van der Waals surface area (Å²) in [6.45, 7) is 10.8. The molecule has 2 aliphatic heterocycles. The molecule has 0 aliphatic carbocycles. The second-order valence-corrected chi connectivity index (χ2v) is 7.55. The van der Waals surface area contributed by atoms with Crippen LogP contribution < -0.4 is 4.74 Å². The molecule has 0 atom stereocenters. The molecule has 158 valence electrons. The van der Waals surface area contributed by atoms with Gasteiger partial charge in [0.15, 0.2) is 0 Å². The van der Waals surface area contributed by atoms with E-state index in [1.807, 2.05) is 38.1 Å². The fourth-order valence-corrected chi connectivity index (χ4v) is 3.74. The summed E-state index contributed by atoms with van der Waals surface area (Å²) < 4.78 is 10.8. The van der Waals surface area contributed by atoms with E-state index in [0.717, 1.165) is 38.3 Å². The van der Waals surface area contributed by atoms with Crippen molar-refractivity contribution < 1.29 is 19.1 Å². The van der Waals surface area contributed by atoms with Crippen LogP contribution in [0.2, 0.25) is 0 Å². The number of ether oxygens (including phenoxy) is 2. The van der Waals surface area contributed by atoms with Gasteiger partial charge in [-0.2, -0.15) is 0 Å². The molecule has 2 amide bonds. The summed E-state index contributed by atoms with van der Waals surface area (Å²) in [6.07, 6.45) is 0.0541. The van der Waals surface area contributed by atoms with Crippen LogP contribution in [0.3, 0.4) is 0 Å². The van der Waals surface area contributed by atoms with E-state index in [-0.39, 0.29) is 24.5 Å². The second kappa shape index (κ2) is 9.41. The first-order valence-corrected chi connectivity index (χ1v) is 10.3. The molecule has 1 aromatic rings. The number of amides is 2. The Balaban J connectivity index is 1.90.